The fourth-order valence-corrected chi connectivity index (χ4v) is 2.53. The van der Waals surface area contributed by atoms with Gasteiger partial charge in [-0.2, -0.15) is 0 Å². The Kier molecular flexibility index (Phi) is 3.87. The molecule has 1 heterocycles. The first kappa shape index (κ1) is 10.8. The summed E-state index contributed by atoms with van der Waals surface area (Å²) in [6.07, 6.45) is 9.66. The van der Waals surface area contributed by atoms with Crippen molar-refractivity contribution in [3.05, 3.63) is 0 Å². The summed E-state index contributed by atoms with van der Waals surface area (Å²) in [7, 11) is 0. The second kappa shape index (κ2) is 5.38. The highest BCUT2D eigenvalue weighted by Gasteiger charge is 2.22. The maximum absolute atomic E-state index is 11.8. The van der Waals surface area contributed by atoms with E-state index >= 15 is 0 Å². The van der Waals surface area contributed by atoms with Crippen LogP contribution >= 0.6 is 0 Å². The van der Waals surface area contributed by atoms with Crippen LogP contribution in [-0.4, -0.2) is 30.1 Å². The Morgan fingerprint density at radius 1 is 0.933 bits per heavy atom. The molecule has 2 aliphatic rings. The zero-order chi connectivity index (χ0) is 10.5. The van der Waals surface area contributed by atoms with Crippen LogP contribution in [0.15, 0.2) is 0 Å². The lowest BCUT2D eigenvalue weighted by Crippen LogP contribution is -2.43. The predicted octanol–water partition coefficient (Wildman–Crippen LogP) is 2.53. The van der Waals surface area contributed by atoms with E-state index in [0.717, 1.165) is 38.8 Å². The van der Waals surface area contributed by atoms with E-state index in [1.807, 2.05) is 4.90 Å². The van der Waals surface area contributed by atoms with Crippen molar-refractivity contribution in [3.8, 4) is 0 Å². The normalized spacial score (nSPS) is 23.9. The number of urea groups is 1. The van der Waals surface area contributed by atoms with Crippen LogP contribution in [0.3, 0.4) is 0 Å². The molecule has 1 saturated heterocycles. The van der Waals surface area contributed by atoms with Gasteiger partial charge in [0.2, 0.25) is 0 Å². The largest absolute Gasteiger partial charge is 0.339 e. The Bertz CT molecular complexity index is 206. The summed E-state index contributed by atoms with van der Waals surface area (Å²) in [4.78, 5) is 13.8. The third-order valence-corrected chi connectivity index (χ3v) is 3.49. The van der Waals surface area contributed by atoms with Crippen molar-refractivity contribution >= 4 is 6.03 Å². The Balaban J connectivity index is 1.74. The summed E-state index contributed by atoms with van der Waals surface area (Å²) in [5.41, 5.74) is 0. The minimum absolute atomic E-state index is 0.0570. The topological polar surface area (TPSA) is 34.4 Å². The number of rotatable bonds is 1. The highest BCUT2D eigenvalue weighted by molar-refractivity contribution is 5.74. The molecule has 0 N–H and O–H groups in total. The number of hydrogen-bond acceptors (Lipinski definition) is 1. The van der Waals surface area contributed by atoms with Gasteiger partial charge in [0, 0.05) is 13.1 Å². The Morgan fingerprint density at radius 2 is 1.53 bits per heavy atom. The first-order valence-corrected chi connectivity index (χ1v) is 6.36. The first-order chi connectivity index (χ1) is 7.36. The second-order valence-corrected chi connectivity index (χ2v) is 4.75. The molecule has 1 radical (unpaired) electrons. The molecule has 0 aromatic rings. The van der Waals surface area contributed by atoms with E-state index in [0.29, 0.717) is 6.04 Å². The molecule has 0 aromatic carbocycles. The van der Waals surface area contributed by atoms with Crippen molar-refractivity contribution in [2.75, 3.05) is 13.1 Å². The third-order valence-electron chi connectivity index (χ3n) is 3.49. The van der Waals surface area contributed by atoms with E-state index in [9.17, 15) is 4.79 Å². The van der Waals surface area contributed by atoms with E-state index in [-0.39, 0.29) is 6.03 Å². The molecule has 2 amide bonds. The summed E-state index contributed by atoms with van der Waals surface area (Å²) in [5, 5.41) is 4.35. The molecule has 1 saturated carbocycles. The number of amides is 2. The minimum Gasteiger partial charge on any atom is -0.323 e. The van der Waals surface area contributed by atoms with Crippen molar-refractivity contribution in [3.63, 3.8) is 0 Å². The molecule has 85 valence electrons. The van der Waals surface area contributed by atoms with Crippen molar-refractivity contribution in [2.45, 2.75) is 57.4 Å². The van der Waals surface area contributed by atoms with Crippen LogP contribution in [0.5, 0.6) is 0 Å². The summed E-state index contributed by atoms with van der Waals surface area (Å²) < 4.78 is 0. The standard InChI is InChI=1S/C12H21N2O/c15-12(14-9-5-2-6-10-14)13-11-7-3-1-4-8-11/h11H,1-10H2. The molecule has 2 fully saturated rings. The van der Waals surface area contributed by atoms with Gasteiger partial charge < -0.3 is 4.90 Å². The highest BCUT2D eigenvalue weighted by Crippen LogP contribution is 2.19. The van der Waals surface area contributed by atoms with Crippen molar-refractivity contribution < 1.29 is 4.79 Å². The van der Waals surface area contributed by atoms with Gasteiger partial charge in [-0.1, -0.05) is 19.3 Å². The molecule has 0 atom stereocenters. The van der Waals surface area contributed by atoms with Crippen LogP contribution in [0.2, 0.25) is 0 Å². The summed E-state index contributed by atoms with van der Waals surface area (Å²) in [6.45, 7) is 1.85. The Labute approximate surface area is 92.2 Å². The molecule has 0 unspecified atom stereocenters. The van der Waals surface area contributed by atoms with Crippen molar-refractivity contribution in [1.82, 2.24) is 10.2 Å². The number of nitrogens with zero attached hydrogens (tertiary/aromatic N) is 2. The smallest absolute Gasteiger partial charge is 0.323 e. The van der Waals surface area contributed by atoms with Gasteiger partial charge >= 0.3 is 6.03 Å². The molecule has 1 aliphatic carbocycles. The van der Waals surface area contributed by atoms with E-state index in [1.165, 1.54) is 25.7 Å². The quantitative estimate of drug-likeness (QED) is 0.653. The minimum atomic E-state index is 0.0570. The molecule has 0 bridgehead atoms. The van der Waals surface area contributed by atoms with Gasteiger partial charge in [-0.15, -0.1) is 0 Å². The highest BCUT2D eigenvalue weighted by atomic mass is 16.2. The molecule has 15 heavy (non-hydrogen) atoms. The number of carbonyl (C=O) groups is 1. The molecule has 1 aliphatic heterocycles. The molecule has 2 rings (SSSR count). The molecule has 0 spiro atoms. The lowest BCUT2D eigenvalue weighted by molar-refractivity contribution is 0.178. The number of piperidine rings is 1. The van der Waals surface area contributed by atoms with Crippen LogP contribution in [0.1, 0.15) is 51.4 Å². The van der Waals surface area contributed by atoms with Gasteiger partial charge in [-0.05, 0) is 32.1 Å². The van der Waals surface area contributed by atoms with Gasteiger partial charge in [-0.25, -0.2) is 10.1 Å². The average Bonchev–Trinajstić information content (AvgIpc) is 2.31. The zero-order valence-electron chi connectivity index (χ0n) is 9.45. The van der Waals surface area contributed by atoms with Crippen molar-refractivity contribution in [2.24, 2.45) is 0 Å². The van der Waals surface area contributed by atoms with E-state index in [4.69, 9.17) is 0 Å². The SMILES string of the molecule is O=C([N]C1CCCCC1)N1CCCCC1. The van der Waals surface area contributed by atoms with Crippen LogP contribution in [0, 0.1) is 0 Å². The van der Waals surface area contributed by atoms with Gasteiger partial charge in [0.05, 0.1) is 6.04 Å². The Hall–Kier alpha value is -0.730. The Morgan fingerprint density at radius 3 is 2.20 bits per heavy atom. The maximum atomic E-state index is 11.8. The van der Waals surface area contributed by atoms with Crippen LogP contribution in [-0.2, 0) is 0 Å². The maximum Gasteiger partial charge on any atom is 0.339 e. The number of hydrogen-bond donors (Lipinski definition) is 0. The van der Waals surface area contributed by atoms with Gasteiger partial charge in [-0.3, -0.25) is 0 Å². The molecule has 0 aromatic heterocycles. The van der Waals surface area contributed by atoms with Gasteiger partial charge in [0.1, 0.15) is 0 Å². The van der Waals surface area contributed by atoms with E-state index in [2.05, 4.69) is 5.32 Å². The fraction of sp³-hybridized carbons (Fsp3) is 0.917. The molecule has 3 heteroatoms. The first-order valence-electron chi connectivity index (χ1n) is 6.36. The molecule has 3 nitrogen and oxygen atoms in total. The van der Waals surface area contributed by atoms with Gasteiger partial charge in [0.25, 0.3) is 0 Å². The van der Waals surface area contributed by atoms with E-state index in [1.54, 1.807) is 0 Å². The average molecular weight is 209 g/mol. The van der Waals surface area contributed by atoms with Crippen LogP contribution in [0.25, 0.3) is 0 Å². The monoisotopic (exact) mass is 209 g/mol. The van der Waals surface area contributed by atoms with Crippen molar-refractivity contribution in [1.29, 1.82) is 0 Å². The van der Waals surface area contributed by atoms with Gasteiger partial charge in [0.15, 0.2) is 0 Å². The zero-order valence-corrected chi connectivity index (χ0v) is 9.45. The molecular formula is C12H21N2O. The van der Waals surface area contributed by atoms with E-state index < -0.39 is 0 Å². The third kappa shape index (κ3) is 3.11. The van der Waals surface area contributed by atoms with Crippen LogP contribution in [0.4, 0.5) is 4.79 Å². The van der Waals surface area contributed by atoms with Crippen LogP contribution < -0.4 is 5.32 Å². The summed E-state index contributed by atoms with van der Waals surface area (Å²) >= 11 is 0. The molecular weight excluding hydrogens is 188 g/mol. The predicted molar refractivity (Wildman–Crippen MR) is 59.8 cm³/mol. The fourth-order valence-electron chi connectivity index (χ4n) is 2.53. The summed E-state index contributed by atoms with van der Waals surface area (Å²) in [6, 6.07) is 0.384. The summed E-state index contributed by atoms with van der Waals surface area (Å²) in [5.74, 6) is 0. The lowest BCUT2D eigenvalue weighted by Gasteiger charge is -2.28. The second-order valence-electron chi connectivity index (χ2n) is 4.75. The number of carbonyl (C=O) groups excluding carboxylic acids is 1. The number of likely N-dealkylation sites (tertiary alicyclic amines) is 1. The lowest BCUT2D eigenvalue weighted by atomic mass is 9.96.